The summed E-state index contributed by atoms with van der Waals surface area (Å²) < 4.78 is 5.38. The Morgan fingerprint density at radius 1 is 1.16 bits per heavy atom. The second-order valence-electron chi connectivity index (χ2n) is 8.07. The summed E-state index contributed by atoms with van der Waals surface area (Å²) >= 11 is 6.07. The van der Waals surface area contributed by atoms with Gasteiger partial charge in [-0.25, -0.2) is 10.9 Å². The standard InChI is InChI=1S/C23H28ClN5O3/c1-28(23(31)21-14-20(26-27-21)16-3-2-4-17(24)13-16)15-22(30)25-18-5-7-19(8-6-18)29-9-11-32-12-10-29/h2-8,13,20-21,26-27H,9-12,14-15H2,1H3,(H,25,30). The van der Waals surface area contributed by atoms with E-state index in [9.17, 15) is 9.59 Å². The Bertz CT molecular complexity index is 949. The van der Waals surface area contributed by atoms with Crippen LogP contribution in [0.15, 0.2) is 48.5 Å². The van der Waals surface area contributed by atoms with E-state index in [4.69, 9.17) is 16.3 Å². The number of amides is 2. The molecule has 9 heteroatoms. The van der Waals surface area contributed by atoms with Crippen molar-refractivity contribution in [2.45, 2.75) is 18.5 Å². The molecule has 0 radical (unpaired) electrons. The first kappa shape index (κ1) is 22.5. The summed E-state index contributed by atoms with van der Waals surface area (Å²) in [5.74, 6) is -0.378. The fourth-order valence-corrected chi connectivity index (χ4v) is 4.20. The van der Waals surface area contributed by atoms with E-state index in [-0.39, 0.29) is 24.4 Å². The van der Waals surface area contributed by atoms with Crippen LogP contribution < -0.4 is 21.1 Å². The molecule has 2 aromatic carbocycles. The van der Waals surface area contributed by atoms with Gasteiger partial charge >= 0.3 is 0 Å². The number of nitrogens with zero attached hydrogens (tertiary/aromatic N) is 2. The number of likely N-dealkylation sites (N-methyl/N-ethyl adjacent to an activating group) is 1. The van der Waals surface area contributed by atoms with Crippen LogP contribution in [0.1, 0.15) is 18.0 Å². The van der Waals surface area contributed by atoms with Gasteiger partial charge in [-0.2, -0.15) is 0 Å². The first-order valence-corrected chi connectivity index (χ1v) is 11.1. The van der Waals surface area contributed by atoms with Crippen LogP contribution >= 0.6 is 11.6 Å². The van der Waals surface area contributed by atoms with Crippen molar-refractivity contribution in [2.24, 2.45) is 0 Å². The summed E-state index contributed by atoms with van der Waals surface area (Å²) in [6.07, 6.45) is 0.578. The Kier molecular flexibility index (Phi) is 7.26. The summed E-state index contributed by atoms with van der Waals surface area (Å²) in [4.78, 5) is 29.0. The number of hydrazine groups is 1. The summed E-state index contributed by atoms with van der Waals surface area (Å²) in [6.45, 7) is 3.15. The Labute approximate surface area is 192 Å². The van der Waals surface area contributed by atoms with Crippen LogP contribution in [0.5, 0.6) is 0 Å². The molecule has 0 saturated carbocycles. The molecule has 2 saturated heterocycles. The van der Waals surface area contributed by atoms with Crippen LogP contribution in [0.2, 0.25) is 5.02 Å². The average Bonchev–Trinajstić information content (AvgIpc) is 3.30. The molecule has 2 atom stereocenters. The molecule has 2 fully saturated rings. The molecule has 0 aliphatic carbocycles. The van der Waals surface area contributed by atoms with Crippen molar-refractivity contribution in [1.82, 2.24) is 15.8 Å². The maximum Gasteiger partial charge on any atom is 0.243 e. The van der Waals surface area contributed by atoms with Gasteiger partial charge < -0.3 is 19.9 Å². The zero-order valence-corrected chi connectivity index (χ0v) is 18.8. The molecule has 3 N–H and O–H groups in total. The number of hydrogen-bond donors (Lipinski definition) is 3. The fraction of sp³-hybridized carbons (Fsp3) is 0.391. The van der Waals surface area contributed by atoms with Crippen LogP contribution in [0.25, 0.3) is 0 Å². The number of ether oxygens (including phenoxy) is 1. The summed E-state index contributed by atoms with van der Waals surface area (Å²) in [7, 11) is 1.64. The highest BCUT2D eigenvalue weighted by atomic mass is 35.5. The van der Waals surface area contributed by atoms with Crippen LogP contribution in [-0.4, -0.2) is 62.7 Å². The van der Waals surface area contributed by atoms with Crippen LogP contribution in [-0.2, 0) is 14.3 Å². The number of hydrogen-bond acceptors (Lipinski definition) is 6. The minimum absolute atomic E-state index is 0.0187. The van der Waals surface area contributed by atoms with E-state index in [1.54, 1.807) is 7.05 Å². The highest BCUT2D eigenvalue weighted by molar-refractivity contribution is 6.30. The van der Waals surface area contributed by atoms with Crippen molar-refractivity contribution >= 4 is 34.8 Å². The average molecular weight is 458 g/mol. The van der Waals surface area contributed by atoms with Gasteiger partial charge in [0.15, 0.2) is 0 Å². The fourth-order valence-electron chi connectivity index (χ4n) is 4.00. The zero-order valence-electron chi connectivity index (χ0n) is 18.0. The number of carbonyl (C=O) groups excluding carboxylic acids is 2. The van der Waals surface area contributed by atoms with Gasteiger partial charge in [-0.3, -0.25) is 9.59 Å². The molecule has 2 unspecified atom stereocenters. The van der Waals surface area contributed by atoms with E-state index in [2.05, 4.69) is 21.1 Å². The molecule has 2 aliphatic heterocycles. The summed E-state index contributed by atoms with van der Waals surface area (Å²) in [5.41, 5.74) is 9.00. The minimum Gasteiger partial charge on any atom is -0.378 e. The lowest BCUT2D eigenvalue weighted by Gasteiger charge is -2.29. The Morgan fingerprint density at radius 2 is 1.91 bits per heavy atom. The van der Waals surface area contributed by atoms with E-state index >= 15 is 0 Å². The Hall–Kier alpha value is -2.65. The van der Waals surface area contributed by atoms with Crippen molar-refractivity contribution in [1.29, 1.82) is 0 Å². The number of benzene rings is 2. The van der Waals surface area contributed by atoms with Gasteiger partial charge in [0.2, 0.25) is 11.8 Å². The third kappa shape index (κ3) is 5.58. The Balaban J connectivity index is 1.26. The topological polar surface area (TPSA) is 85.9 Å². The van der Waals surface area contributed by atoms with Gasteiger partial charge in [0, 0.05) is 42.6 Å². The predicted molar refractivity (Wildman–Crippen MR) is 125 cm³/mol. The van der Waals surface area contributed by atoms with Gasteiger partial charge in [0.25, 0.3) is 0 Å². The van der Waals surface area contributed by atoms with Gasteiger partial charge in [-0.05, 0) is 48.4 Å². The smallest absolute Gasteiger partial charge is 0.243 e. The van der Waals surface area contributed by atoms with Crippen LogP contribution in [0, 0.1) is 0 Å². The number of halogens is 1. The lowest BCUT2D eigenvalue weighted by Crippen LogP contribution is -2.46. The maximum atomic E-state index is 12.8. The molecular weight excluding hydrogens is 430 g/mol. The van der Waals surface area contributed by atoms with E-state index < -0.39 is 6.04 Å². The number of morpholine rings is 1. The predicted octanol–water partition coefficient (Wildman–Crippen LogP) is 2.18. The van der Waals surface area contributed by atoms with Crippen molar-refractivity contribution in [2.75, 3.05) is 50.1 Å². The van der Waals surface area contributed by atoms with E-state index in [0.29, 0.717) is 17.1 Å². The van der Waals surface area contributed by atoms with Crippen molar-refractivity contribution in [3.05, 3.63) is 59.1 Å². The highest BCUT2D eigenvalue weighted by Crippen LogP contribution is 2.25. The van der Waals surface area contributed by atoms with Crippen molar-refractivity contribution in [3.63, 3.8) is 0 Å². The molecule has 4 rings (SSSR count). The van der Waals surface area contributed by atoms with Gasteiger partial charge in [-0.15, -0.1) is 0 Å². The highest BCUT2D eigenvalue weighted by Gasteiger charge is 2.32. The van der Waals surface area contributed by atoms with Gasteiger partial charge in [0.05, 0.1) is 19.8 Å². The SMILES string of the molecule is CN(CC(=O)Nc1ccc(N2CCOCC2)cc1)C(=O)C1CC(c2cccc(Cl)c2)NN1. The molecule has 0 aromatic heterocycles. The third-order valence-electron chi connectivity index (χ3n) is 5.74. The molecule has 2 amide bonds. The van der Waals surface area contributed by atoms with Gasteiger partial charge in [0.1, 0.15) is 6.04 Å². The molecule has 32 heavy (non-hydrogen) atoms. The largest absolute Gasteiger partial charge is 0.378 e. The monoisotopic (exact) mass is 457 g/mol. The second-order valence-corrected chi connectivity index (χ2v) is 8.51. The quantitative estimate of drug-likeness (QED) is 0.616. The summed E-state index contributed by atoms with van der Waals surface area (Å²) in [6, 6.07) is 14.9. The maximum absolute atomic E-state index is 12.8. The summed E-state index contributed by atoms with van der Waals surface area (Å²) in [5, 5.41) is 3.52. The van der Waals surface area contributed by atoms with Crippen molar-refractivity contribution < 1.29 is 14.3 Å². The molecule has 170 valence electrons. The zero-order chi connectivity index (χ0) is 22.5. The first-order chi connectivity index (χ1) is 15.5. The van der Waals surface area contributed by atoms with E-state index in [0.717, 1.165) is 37.6 Å². The molecule has 0 spiro atoms. The number of carbonyl (C=O) groups is 2. The second kappa shape index (κ2) is 10.3. The van der Waals surface area contributed by atoms with E-state index in [1.807, 2.05) is 48.5 Å². The molecular formula is C23H28ClN5O3. The number of nitrogens with one attached hydrogen (secondary N) is 3. The molecule has 2 heterocycles. The minimum atomic E-state index is -0.412. The normalized spacial score (nSPS) is 20.8. The molecule has 2 aromatic rings. The Morgan fingerprint density at radius 3 is 2.62 bits per heavy atom. The van der Waals surface area contributed by atoms with Crippen LogP contribution in [0.3, 0.4) is 0 Å². The lowest BCUT2D eigenvalue weighted by atomic mass is 10.0. The lowest BCUT2D eigenvalue weighted by molar-refractivity contribution is -0.134. The first-order valence-electron chi connectivity index (χ1n) is 10.7. The number of anilines is 2. The van der Waals surface area contributed by atoms with Crippen LogP contribution in [0.4, 0.5) is 11.4 Å². The molecule has 8 nitrogen and oxygen atoms in total. The van der Waals surface area contributed by atoms with E-state index in [1.165, 1.54) is 4.90 Å². The van der Waals surface area contributed by atoms with Gasteiger partial charge in [-0.1, -0.05) is 23.7 Å². The third-order valence-corrected chi connectivity index (χ3v) is 5.97. The number of rotatable bonds is 6. The van der Waals surface area contributed by atoms with Crippen molar-refractivity contribution in [3.8, 4) is 0 Å². The molecule has 2 aliphatic rings. The molecule has 0 bridgehead atoms.